The van der Waals surface area contributed by atoms with Gasteiger partial charge in [-0.2, -0.15) is 0 Å². The van der Waals surface area contributed by atoms with E-state index in [0.29, 0.717) is 31.4 Å². The largest absolute Gasteiger partial charge is 0.465 e. The standard InChI is InChI=1S/C18H16ClN3O4S/c1-9-13-16(27-14(9)18(25)26-3)20-8-22(17(13)24)10(2)15(23)21-12-6-4-11(19)5-7-12/h4-8,10H,1-3H3,(H,21,23). The Morgan fingerprint density at radius 2 is 1.96 bits per heavy atom. The van der Waals surface area contributed by atoms with Crippen molar-refractivity contribution in [1.82, 2.24) is 9.55 Å². The average Bonchev–Trinajstić information content (AvgIpc) is 3.00. The summed E-state index contributed by atoms with van der Waals surface area (Å²) in [5.74, 6) is -0.892. The van der Waals surface area contributed by atoms with Gasteiger partial charge in [0.25, 0.3) is 5.56 Å². The highest BCUT2D eigenvalue weighted by molar-refractivity contribution is 7.20. The number of aromatic nitrogens is 2. The Labute approximate surface area is 163 Å². The van der Waals surface area contributed by atoms with Crippen LogP contribution in [0, 0.1) is 6.92 Å². The number of benzene rings is 1. The number of ether oxygens (including phenoxy) is 1. The van der Waals surface area contributed by atoms with Crippen molar-refractivity contribution in [1.29, 1.82) is 0 Å². The molecule has 2 aromatic heterocycles. The van der Waals surface area contributed by atoms with Gasteiger partial charge in [-0.25, -0.2) is 9.78 Å². The molecule has 1 atom stereocenters. The van der Waals surface area contributed by atoms with Crippen LogP contribution in [0.4, 0.5) is 5.69 Å². The average molecular weight is 406 g/mol. The molecule has 27 heavy (non-hydrogen) atoms. The second-order valence-corrected chi connectivity index (χ2v) is 7.29. The molecule has 0 aliphatic rings. The summed E-state index contributed by atoms with van der Waals surface area (Å²) in [5, 5.41) is 3.60. The maximum Gasteiger partial charge on any atom is 0.348 e. The molecular formula is C18H16ClN3O4S. The van der Waals surface area contributed by atoms with Gasteiger partial charge in [-0.15, -0.1) is 11.3 Å². The van der Waals surface area contributed by atoms with Crippen LogP contribution in [-0.2, 0) is 9.53 Å². The number of halogens is 1. The van der Waals surface area contributed by atoms with Crippen LogP contribution in [0.1, 0.15) is 28.2 Å². The fourth-order valence-corrected chi connectivity index (χ4v) is 3.79. The molecule has 2 heterocycles. The molecule has 1 unspecified atom stereocenters. The van der Waals surface area contributed by atoms with Crippen LogP contribution < -0.4 is 10.9 Å². The normalized spacial score (nSPS) is 12.0. The number of hydrogen-bond donors (Lipinski definition) is 1. The molecule has 0 aliphatic carbocycles. The molecule has 3 rings (SSSR count). The summed E-state index contributed by atoms with van der Waals surface area (Å²) >= 11 is 6.93. The predicted octanol–water partition coefficient (Wildman–Crippen LogP) is 3.41. The number of thiophene rings is 1. The summed E-state index contributed by atoms with van der Waals surface area (Å²) in [7, 11) is 1.28. The van der Waals surface area contributed by atoms with E-state index in [-0.39, 0.29) is 11.5 Å². The Morgan fingerprint density at radius 3 is 2.59 bits per heavy atom. The lowest BCUT2D eigenvalue weighted by molar-refractivity contribution is -0.118. The van der Waals surface area contributed by atoms with Crippen LogP contribution in [0.25, 0.3) is 10.2 Å². The first-order chi connectivity index (χ1) is 12.8. The molecule has 0 fully saturated rings. The van der Waals surface area contributed by atoms with Crippen molar-refractivity contribution in [2.45, 2.75) is 19.9 Å². The molecule has 1 N–H and O–H groups in total. The number of carbonyl (C=O) groups is 2. The molecule has 0 bridgehead atoms. The number of fused-ring (bicyclic) bond motifs is 1. The molecule has 7 nitrogen and oxygen atoms in total. The van der Waals surface area contributed by atoms with Crippen molar-refractivity contribution < 1.29 is 14.3 Å². The van der Waals surface area contributed by atoms with Gasteiger partial charge in [-0.3, -0.25) is 14.2 Å². The molecule has 0 aliphatic heterocycles. The summed E-state index contributed by atoms with van der Waals surface area (Å²) in [6.07, 6.45) is 1.31. The Bertz CT molecular complexity index is 1090. The number of amides is 1. The Hall–Kier alpha value is -2.71. The summed E-state index contributed by atoms with van der Waals surface area (Å²) in [6, 6.07) is 5.85. The molecule has 140 valence electrons. The van der Waals surface area contributed by atoms with Gasteiger partial charge in [0.05, 0.1) is 18.8 Å². The number of hydrogen-bond acceptors (Lipinski definition) is 6. The zero-order valence-corrected chi connectivity index (χ0v) is 16.4. The number of rotatable bonds is 4. The van der Waals surface area contributed by atoms with Crippen LogP contribution >= 0.6 is 22.9 Å². The lowest BCUT2D eigenvalue weighted by Gasteiger charge is -2.15. The smallest absolute Gasteiger partial charge is 0.348 e. The van der Waals surface area contributed by atoms with E-state index in [9.17, 15) is 14.4 Å². The first-order valence-electron chi connectivity index (χ1n) is 7.98. The minimum atomic E-state index is -0.800. The minimum absolute atomic E-state index is 0.314. The monoisotopic (exact) mass is 405 g/mol. The SMILES string of the molecule is COC(=O)c1sc2ncn(C(C)C(=O)Nc3ccc(Cl)cc3)c(=O)c2c1C. The second kappa shape index (κ2) is 7.50. The van der Waals surface area contributed by atoms with E-state index >= 15 is 0 Å². The van der Waals surface area contributed by atoms with Crippen LogP contribution in [-0.4, -0.2) is 28.5 Å². The van der Waals surface area contributed by atoms with E-state index in [2.05, 4.69) is 10.3 Å². The van der Waals surface area contributed by atoms with Crippen molar-refractivity contribution in [2.75, 3.05) is 12.4 Å². The summed E-state index contributed by atoms with van der Waals surface area (Å²) in [4.78, 5) is 42.3. The number of aryl methyl sites for hydroxylation is 1. The third-order valence-electron chi connectivity index (χ3n) is 4.16. The van der Waals surface area contributed by atoms with Gasteiger partial charge in [0, 0.05) is 10.7 Å². The van der Waals surface area contributed by atoms with Gasteiger partial charge in [0.1, 0.15) is 15.7 Å². The maximum absolute atomic E-state index is 12.9. The molecule has 3 aromatic rings. The van der Waals surface area contributed by atoms with Crippen LogP contribution in [0.2, 0.25) is 5.02 Å². The molecule has 0 spiro atoms. The van der Waals surface area contributed by atoms with Gasteiger partial charge >= 0.3 is 5.97 Å². The van der Waals surface area contributed by atoms with Gasteiger partial charge in [0.15, 0.2) is 0 Å². The third-order valence-corrected chi connectivity index (χ3v) is 5.59. The number of esters is 1. The van der Waals surface area contributed by atoms with Crippen LogP contribution in [0.3, 0.4) is 0 Å². The molecule has 1 amide bonds. The van der Waals surface area contributed by atoms with Crippen molar-refractivity contribution in [3.05, 3.63) is 56.4 Å². The van der Waals surface area contributed by atoms with Crippen LogP contribution in [0.15, 0.2) is 35.4 Å². The Kier molecular flexibility index (Phi) is 5.29. The molecule has 0 saturated heterocycles. The highest BCUT2D eigenvalue weighted by Gasteiger charge is 2.23. The van der Waals surface area contributed by atoms with Gasteiger partial charge in [0.2, 0.25) is 5.91 Å². The summed E-state index contributed by atoms with van der Waals surface area (Å²) in [6.45, 7) is 3.26. The Morgan fingerprint density at radius 1 is 1.30 bits per heavy atom. The molecule has 0 saturated carbocycles. The lowest BCUT2D eigenvalue weighted by atomic mass is 10.2. The topological polar surface area (TPSA) is 90.3 Å². The summed E-state index contributed by atoms with van der Waals surface area (Å²) < 4.78 is 5.98. The lowest BCUT2D eigenvalue weighted by Crippen LogP contribution is -2.31. The molecular weight excluding hydrogens is 390 g/mol. The van der Waals surface area contributed by atoms with Crippen LogP contribution in [0.5, 0.6) is 0 Å². The minimum Gasteiger partial charge on any atom is -0.465 e. The number of nitrogens with one attached hydrogen (secondary N) is 1. The quantitative estimate of drug-likeness (QED) is 0.672. The fourth-order valence-electron chi connectivity index (χ4n) is 2.61. The second-order valence-electron chi connectivity index (χ2n) is 5.86. The van der Waals surface area contributed by atoms with Gasteiger partial charge < -0.3 is 10.1 Å². The van der Waals surface area contributed by atoms with E-state index in [4.69, 9.17) is 16.3 Å². The first-order valence-corrected chi connectivity index (χ1v) is 9.18. The number of carbonyl (C=O) groups excluding carboxylic acids is 2. The summed E-state index contributed by atoms with van der Waals surface area (Å²) in [5.41, 5.74) is 0.680. The first kappa shape index (κ1) is 19.1. The van der Waals surface area contributed by atoms with E-state index in [1.165, 1.54) is 18.0 Å². The highest BCUT2D eigenvalue weighted by Crippen LogP contribution is 2.27. The van der Waals surface area contributed by atoms with Gasteiger partial charge in [-0.1, -0.05) is 11.6 Å². The van der Waals surface area contributed by atoms with Crippen molar-refractivity contribution in [2.24, 2.45) is 0 Å². The van der Waals surface area contributed by atoms with Crippen molar-refractivity contribution in [3.63, 3.8) is 0 Å². The van der Waals surface area contributed by atoms with E-state index in [1.807, 2.05) is 0 Å². The van der Waals surface area contributed by atoms with E-state index in [0.717, 1.165) is 11.3 Å². The van der Waals surface area contributed by atoms with E-state index in [1.54, 1.807) is 38.1 Å². The highest BCUT2D eigenvalue weighted by atomic mass is 35.5. The fraction of sp³-hybridized carbons (Fsp3) is 0.222. The van der Waals surface area contributed by atoms with Gasteiger partial charge in [-0.05, 0) is 43.7 Å². The van der Waals surface area contributed by atoms with E-state index < -0.39 is 12.0 Å². The predicted molar refractivity (Wildman–Crippen MR) is 105 cm³/mol. The zero-order chi connectivity index (χ0) is 19.7. The van der Waals surface area contributed by atoms with Crippen molar-refractivity contribution >= 4 is 50.7 Å². The molecule has 0 radical (unpaired) electrons. The zero-order valence-electron chi connectivity index (χ0n) is 14.8. The molecule has 9 heteroatoms. The maximum atomic E-state index is 12.9. The van der Waals surface area contributed by atoms with Crippen molar-refractivity contribution in [3.8, 4) is 0 Å². The molecule has 1 aromatic carbocycles. The third kappa shape index (κ3) is 3.58. The number of anilines is 1. The Balaban J connectivity index is 1.96. The number of methoxy groups -OCH3 is 1. The number of nitrogens with zero attached hydrogens (tertiary/aromatic N) is 2.